The Balaban J connectivity index is 1.89. The second-order valence-electron chi connectivity index (χ2n) is 3.96. The van der Waals surface area contributed by atoms with E-state index in [2.05, 4.69) is 36.4 Å². The summed E-state index contributed by atoms with van der Waals surface area (Å²) < 4.78 is 0.938. The highest BCUT2D eigenvalue weighted by atomic mass is 79.9. The standard InChI is InChI=1S/C13H9BrN4OS/c14-8-3-1-4-9(7-8)15-13-16-12(19)11(17-18-13)10-5-2-6-20-10/h1-7H,(H2,15,16,18,19). The number of nitrogens with one attached hydrogen (secondary N) is 2. The Labute approximate surface area is 126 Å². The number of H-pyrrole nitrogens is 1. The van der Waals surface area contributed by atoms with E-state index < -0.39 is 0 Å². The van der Waals surface area contributed by atoms with Crippen molar-refractivity contribution in [2.24, 2.45) is 0 Å². The molecule has 2 heterocycles. The van der Waals surface area contributed by atoms with Crippen LogP contribution in [0.25, 0.3) is 10.6 Å². The molecule has 3 rings (SSSR count). The van der Waals surface area contributed by atoms with Gasteiger partial charge in [-0.25, -0.2) is 0 Å². The highest BCUT2D eigenvalue weighted by Crippen LogP contribution is 2.20. The third-order valence-corrected chi connectivity index (χ3v) is 3.91. The Bertz CT molecular complexity index is 785. The van der Waals surface area contributed by atoms with Crippen LogP contribution in [0.4, 0.5) is 11.6 Å². The second-order valence-corrected chi connectivity index (χ2v) is 5.83. The number of benzene rings is 1. The van der Waals surface area contributed by atoms with Gasteiger partial charge in [0.25, 0.3) is 5.56 Å². The first kappa shape index (κ1) is 13.0. The van der Waals surface area contributed by atoms with Gasteiger partial charge in [-0.15, -0.1) is 21.5 Å². The molecule has 3 aromatic rings. The molecule has 2 aromatic heterocycles. The summed E-state index contributed by atoms with van der Waals surface area (Å²) in [5, 5.41) is 12.9. The molecule has 0 aliphatic carbocycles. The molecule has 1 aromatic carbocycles. The van der Waals surface area contributed by atoms with Crippen molar-refractivity contribution >= 4 is 38.9 Å². The Morgan fingerprint density at radius 3 is 2.80 bits per heavy atom. The van der Waals surface area contributed by atoms with Gasteiger partial charge >= 0.3 is 0 Å². The molecule has 7 heteroatoms. The van der Waals surface area contributed by atoms with E-state index in [4.69, 9.17) is 0 Å². The van der Waals surface area contributed by atoms with Crippen molar-refractivity contribution in [3.8, 4) is 10.6 Å². The number of hydrogen-bond acceptors (Lipinski definition) is 5. The van der Waals surface area contributed by atoms with E-state index in [0.29, 0.717) is 11.6 Å². The zero-order valence-electron chi connectivity index (χ0n) is 10.1. The van der Waals surface area contributed by atoms with Crippen molar-refractivity contribution in [1.29, 1.82) is 0 Å². The fourth-order valence-electron chi connectivity index (χ4n) is 1.67. The first-order valence-corrected chi connectivity index (χ1v) is 7.43. The quantitative estimate of drug-likeness (QED) is 0.760. The zero-order chi connectivity index (χ0) is 13.9. The normalized spacial score (nSPS) is 10.4. The smallest absolute Gasteiger partial charge is 0.280 e. The van der Waals surface area contributed by atoms with Gasteiger partial charge in [0.15, 0.2) is 5.69 Å². The van der Waals surface area contributed by atoms with E-state index >= 15 is 0 Å². The molecular weight excluding hydrogens is 340 g/mol. The highest BCUT2D eigenvalue weighted by molar-refractivity contribution is 9.10. The number of anilines is 2. The maximum Gasteiger partial charge on any atom is 0.280 e. The van der Waals surface area contributed by atoms with Gasteiger partial charge < -0.3 is 5.32 Å². The molecule has 2 N–H and O–H groups in total. The minimum absolute atomic E-state index is 0.264. The Kier molecular flexibility index (Phi) is 3.62. The van der Waals surface area contributed by atoms with E-state index in [-0.39, 0.29) is 5.56 Å². The lowest BCUT2D eigenvalue weighted by molar-refractivity contribution is 0.964. The van der Waals surface area contributed by atoms with Crippen LogP contribution in [0.5, 0.6) is 0 Å². The van der Waals surface area contributed by atoms with Crippen LogP contribution >= 0.6 is 27.3 Å². The molecule has 0 aliphatic rings. The van der Waals surface area contributed by atoms with Crippen molar-refractivity contribution in [2.45, 2.75) is 0 Å². The van der Waals surface area contributed by atoms with Crippen LogP contribution in [0.3, 0.4) is 0 Å². The maximum atomic E-state index is 12.0. The van der Waals surface area contributed by atoms with Crippen molar-refractivity contribution in [2.75, 3.05) is 5.32 Å². The van der Waals surface area contributed by atoms with E-state index in [0.717, 1.165) is 15.0 Å². The van der Waals surface area contributed by atoms with Gasteiger partial charge in [0.2, 0.25) is 5.95 Å². The van der Waals surface area contributed by atoms with E-state index in [1.807, 2.05) is 41.8 Å². The lowest BCUT2D eigenvalue weighted by Gasteiger charge is -2.05. The van der Waals surface area contributed by atoms with Gasteiger partial charge in [0.05, 0.1) is 4.88 Å². The van der Waals surface area contributed by atoms with Crippen molar-refractivity contribution in [3.63, 3.8) is 0 Å². The van der Waals surface area contributed by atoms with Crippen molar-refractivity contribution < 1.29 is 0 Å². The summed E-state index contributed by atoms with van der Waals surface area (Å²) in [7, 11) is 0. The van der Waals surface area contributed by atoms with E-state index in [1.165, 1.54) is 11.3 Å². The molecule has 0 spiro atoms. The Morgan fingerprint density at radius 2 is 2.10 bits per heavy atom. The molecule has 0 aliphatic heterocycles. The minimum Gasteiger partial charge on any atom is -0.324 e. The molecule has 0 unspecified atom stereocenters. The summed E-state index contributed by atoms with van der Waals surface area (Å²) in [6.07, 6.45) is 0. The zero-order valence-corrected chi connectivity index (χ0v) is 12.5. The fourth-order valence-corrected chi connectivity index (χ4v) is 2.78. The topological polar surface area (TPSA) is 70.7 Å². The average Bonchev–Trinajstić information content (AvgIpc) is 2.92. The van der Waals surface area contributed by atoms with Crippen molar-refractivity contribution in [3.05, 3.63) is 56.6 Å². The SMILES string of the molecule is O=c1[nH]c(Nc2cccc(Br)c2)nnc1-c1cccs1. The first-order valence-electron chi connectivity index (χ1n) is 5.76. The summed E-state index contributed by atoms with van der Waals surface area (Å²) in [4.78, 5) is 15.5. The number of halogens is 1. The summed E-state index contributed by atoms with van der Waals surface area (Å²) in [5.41, 5.74) is 0.882. The van der Waals surface area contributed by atoms with Crippen LogP contribution in [0, 0.1) is 0 Å². The molecule has 0 saturated heterocycles. The van der Waals surface area contributed by atoms with Gasteiger partial charge in [-0.05, 0) is 29.6 Å². The average molecular weight is 349 g/mol. The van der Waals surface area contributed by atoms with Gasteiger partial charge in [-0.3, -0.25) is 9.78 Å². The largest absolute Gasteiger partial charge is 0.324 e. The molecule has 0 atom stereocenters. The highest BCUT2D eigenvalue weighted by Gasteiger charge is 2.08. The van der Waals surface area contributed by atoms with Gasteiger partial charge in [0, 0.05) is 10.2 Å². The maximum absolute atomic E-state index is 12.0. The van der Waals surface area contributed by atoms with E-state index in [1.54, 1.807) is 0 Å². The van der Waals surface area contributed by atoms with Gasteiger partial charge in [0.1, 0.15) is 0 Å². The summed E-state index contributed by atoms with van der Waals surface area (Å²) >= 11 is 4.83. The number of aromatic amines is 1. The molecular formula is C13H9BrN4OS. The predicted octanol–water partition coefficient (Wildman–Crippen LogP) is 3.40. The molecule has 100 valence electrons. The second kappa shape index (κ2) is 5.56. The number of thiophene rings is 1. The number of rotatable bonds is 3. The Hall–Kier alpha value is -1.99. The van der Waals surface area contributed by atoms with Crippen LogP contribution in [0.1, 0.15) is 0 Å². The minimum atomic E-state index is -0.264. The monoisotopic (exact) mass is 348 g/mol. The fraction of sp³-hybridized carbons (Fsp3) is 0. The van der Waals surface area contributed by atoms with Gasteiger partial charge in [-0.2, -0.15) is 0 Å². The van der Waals surface area contributed by atoms with Crippen LogP contribution in [0.15, 0.2) is 51.0 Å². The van der Waals surface area contributed by atoms with E-state index in [9.17, 15) is 4.79 Å². The summed E-state index contributed by atoms with van der Waals surface area (Å²) in [5.74, 6) is 0.313. The van der Waals surface area contributed by atoms with Crippen LogP contribution < -0.4 is 10.9 Å². The third kappa shape index (κ3) is 2.78. The van der Waals surface area contributed by atoms with Crippen LogP contribution in [-0.4, -0.2) is 15.2 Å². The summed E-state index contributed by atoms with van der Waals surface area (Å²) in [6, 6.07) is 11.3. The molecule has 0 bridgehead atoms. The van der Waals surface area contributed by atoms with Crippen LogP contribution in [-0.2, 0) is 0 Å². The molecule has 0 amide bonds. The number of hydrogen-bond donors (Lipinski definition) is 2. The lowest BCUT2D eigenvalue weighted by atomic mass is 10.3. The molecule has 20 heavy (non-hydrogen) atoms. The Morgan fingerprint density at radius 1 is 1.20 bits per heavy atom. The molecule has 5 nitrogen and oxygen atoms in total. The number of aromatic nitrogens is 3. The summed E-state index contributed by atoms with van der Waals surface area (Å²) in [6.45, 7) is 0. The predicted molar refractivity (Wildman–Crippen MR) is 83.4 cm³/mol. The van der Waals surface area contributed by atoms with Gasteiger partial charge in [-0.1, -0.05) is 28.1 Å². The first-order chi connectivity index (χ1) is 9.72. The molecule has 0 fully saturated rings. The number of nitrogens with zero attached hydrogens (tertiary/aromatic N) is 2. The van der Waals surface area contributed by atoms with Crippen LogP contribution in [0.2, 0.25) is 0 Å². The molecule has 0 saturated carbocycles. The lowest BCUT2D eigenvalue weighted by Crippen LogP contribution is -2.15. The third-order valence-electron chi connectivity index (χ3n) is 2.54. The van der Waals surface area contributed by atoms with Crippen molar-refractivity contribution in [1.82, 2.24) is 15.2 Å². The molecule has 0 radical (unpaired) electrons.